The van der Waals surface area contributed by atoms with Crippen molar-refractivity contribution in [3.05, 3.63) is 0 Å². The third-order valence-corrected chi connectivity index (χ3v) is 1.95. The van der Waals surface area contributed by atoms with Gasteiger partial charge in [0.2, 0.25) is 0 Å². The van der Waals surface area contributed by atoms with Crippen LogP contribution in [0.25, 0.3) is 0 Å². The standard InChI is InChI=1S/C11H21NO4/c1-11(2,3)16-10(14)12(4)9(8-13)6-7-15-5/h8-9H,6-7H2,1-5H3. The van der Waals surface area contributed by atoms with Crippen molar-refractivity contribution in [2.24, 2.45) is 0 Å². The number of nitrogens with zero attached hydrogens (tertiary/aromatic N) is 1. The second kappa shape index (κ2) is 6.48. The van der Waals surface area contributed by atoms with E-state index in [1.54, 1.807) is 34.9 Å². The van der Waals surface area contributed by atoms with Gasteiger partial charge in [-0.3, -0.25) is 0 Å². The second-order valence-corrected chi connectivity index (χ2v) is 4.58. The van der Waals surface area contributed by atoms with E-state index in [-0.39, 0.29) is 0 Å². The van der Waals surface area contributed by atoms with Gasteiger partial charge < -0.3 is 19.2 Å². The van der Waals surface area contributed by atoms with Crippen molar-refractivity contribution in [1.82, 2.24) is 4.90 Å². The minimum Gasteiger partial charge on any atom is -0.444 e. The van der Waals surface area contributed by atoms with Gasteiger partial charge in [0, 0.05) is 20.8 Å². The highest BCUT2D eigenvalue weighted by atomic mass is 16.6. The van der Waals surface area contributed by atoms with Crippen molar-refractivity contribution in [2.75, 3.05) is 20.8 Å². The molecule has 1 amide bonds. The van der Waals surface area contributed by atoms with Crippen LogP contribution in [0.2, 0.25) is 0 Å². The molecular formula is C11H21NO4. The number of hydrogen-bond acceptors (Lipinski definition) is 4. The molecule has 0 bridgehead atoms. The highest BCUT2D eigenvalue weighted by Gasteiger charge is 2.24. The highest BCUT2D eigenvalue weighted by Crippen LogP contribution is 2.11. The lowest BCUT2D eigenvalue weighted by Gasteiger charge is -2.27. The summed E-state index contributed by atoms with van der Waals surface area (Å²) >= 11 is 0. The number of carbonyl (C=O) groups excluding carboxylic acids is 2. The number of carbonyl (C=O) groups is 2. The summed E-state index contributed by atoms with van der Waals surface area (Å²) in [6, 6.07) is -0.505. The van der Waals surface area contributed by atoms with Gasteiger partial charge in [-0.25, -0.2) is 4.79 Å². The van der Waals surface area contributed by atoms with Crippen LogP contribution in [0.1, 0.15) is 27.2 Å². The molecule has 0 saturated heterocycles. The molecule has 0 aromatic rings. The van der Waals surface area contributed by atoms with Crippen LogP contribution >= 0.6 is 0 Å². The topological polar surface area (TPSA) is 55.8 Å². The fourth-order valence-electron chi connectivity index (χ4n) is 1.06. The minimum absolute atomic E-state index is 0.427. The smallest absolute Gasteiger partial charge is 0.410 e. The predicted molar refractivity (Wildman–Crippen MR) is 60.3 cm³/mol. The summed E-state index contributed by atoms with van der Waals surface area (Å²) in [6.07, 6.45) is 0.694. The maximum atomic E-state index is 11.6. The van der Waals surface area contributed by atoms with Crippen LogP contribution in [-0.2, 0) is 14.3 Å². The van der Waals surface area contributed by atoms with E-state index in [4.69, 9.17) is 9.47 Å². The zero-order chi connectivity index (χ0) is 12.8. The summed E-state index contributed by atoms with van der Waals surface area (Å²) in [6.45, 7) is 5.77. The molecule has 0 rings (SSSR count). The summed E-state index contributed by atoms with van der Waals surface area (Å²) in [5.41, 5.74) is -0.556. The molecule has 5 heteroatoms. The van der Waals surface area contributed by atoms with Gasteiger partial charge in [-0.15, -0.1) is 0 Å². The predicted octanol–water partition coefficient (Wildman–Crippen LogP) is 1.46. The van der Waals surface area contributed by atoms with Gasteiger partial charge in [0.25, 0.3) is 0 Å². The molecule has 0 aromatic heterocycles. The molecule has 0 N–H and O–H groups in total. The number of likely N-dealkylation sites (N-methyl/N-ethyl adjacent to an activating group) is 1. The first-order valence-corrected chi connectivity index (χ1v) is 5.22. The SMILES string of the molecule is COCCC(C=O)N(C)C(=O)OC(C)(C)C. The summed E-state index contributed by atoms with van der Waals surface area (Å²) in [7, 11) is 3.10. The molecule has 0 aliphatic carbocycles. The zero-order valence-electron chi connectivity index (χ0n) is 10.6. The Morgan fingerprint density at radius 1 is 1.44 bits per heavy atom. The molecular weight excluding hydrogens is 210 g/mol. The summed E-state index contributed by atoms with van der Waals surface area (Å²) < 4.78 is 10.0. The molecule has 0 aliphatic rings. The van der Waals surface area contributed by atoms with E-state index in [2.05, 4.69) is 0 Å². The molecule has 0 saturated carbocycles. The van der Waals surface area contributed by atoms with Gasteiger partial charge in [-0.1, -0.05) is 0 Å². The third-order valence-electron chi connectivity index (χ3n) is 1.95. The first-order valence-electron chi connectivity index (χ1n) is 5.22. The van der Waals surface area contributed by atoms with Crippen LogP contribution in [-0.4, -0.2) is 49.7 Å². The van der Waals surface area contributed by atoms with E-state index in [0.717, 1.165) is 6.29 Å². The fourth-order valence-corrected chi connectivity index (χ4v) is 1.06. The van der Waals surface area contributed by atoms with Gasteiger partial charge in [0.05, 0.1) is 6.04 Å². The molecule has 16 heavy (non-hydrogen) atoms. The Morgan fingerprint density at radius 2 is 2.00 bits per heavy atom. The minimum atomic E-state index is -0.556. The number of methoxy groups -OCH3 is 1. The lowest BCUT2D eigenvalue weighted by molar-refractivity contribution is -0.112. The average molecular weight is 231 g/mol. The lowest BCUT2D eigenvalue weighted by Crippen LogP contribution is -2.42. The molecule has 0 spiro atoms. The molecule has 94 valence electrons. The first-order chi connectivity index (χ1) is 7.31. The van der Waals surface area contributed by atoms with Gasteiger partial charge in [0.1, 0.15) is 11.9 Å². The normalized spacial score (nSPS) is 13.1. The molecule has 1 unspecified atom stereocenters. The van der Waals surface area contributed by atoms with Gasteiger partial charge >= 0.3 is 6.09 Å². The Hall–Kier alpha value is -1.10. The van der Waals surface area contributed by atoms with Crippen LogP contribution in [0.3, 0.4) is 0 Å². The second-order valence-electron chi connectivity index (χ2n) is 4.58. The lowest BCUT2D eigenvalue weighted by atomic mass is 10.2. The molecule has 0 radical (unpaired) electrons. The Labute approximate surface area is 96.7 Å². The van der Waals surface area contributed by atoms with Crippen molar-refractivity contribution < 1.29 is 19.1 Å². The Bertz CT molecular complexity index is 235. The van der Waals surface area contributed by atoms with E-state index >= 15 is 0 Å². The van der Waals surface area contributed by atoms with Crippen LogP contribution in [0.4, 0.5) is 4.79 Å². The van der Waals surface area contributed by atoms with E-state index < -0.39 is 17.7 Å². The molecule has 0 aromatic carbocycles. The third kappa shape index (κ3) is 5.70. The van der Waals surface area contributed by atoms with Crippen molar-refractivity contribution >= 4 is 12.4 Å². The zero-order valence-corrected chi connectivity index (χ0v) is 10.6. The Kier molecular flexibility index (Phi) is 6.03. The first kappa shape index (κ1) is 14.9. The van der Waals surface area contributed by atoms with E-state index in [1.807, 2.05) is 0 Å². The number of ether oxygens (including phenoxy) is 2. The van der Waals surface area contributed by atoms with Gasteiger partial charge in [-0.05, 0) is 27.2 Å². The van der Waals surface area contributed by atoms with Crippen LogP contribution in [0.5, 0.6) is 0 Å². The number of aldehydes is 1. The molecule has 0 aliphatic heterocycles. The number of hydrogen-bond donors (Lipinski definition) is 0. The van der Waals surface area contributed by atoms with Crippen LogP contribution in [0.15, 0.2) is 0 Å². The largest absolute Gasteiger partial charge is 0.444 e. The molecule has 5 nitrogen and oxygen atoms in total. The Morgan fingerprint density at radius 3 is 2.38 bits per heavy atom. The van der Waals surface area contributed by atoms with Crippen LogP contribution in [0, 0.1) is 0 Å². The van der Waals surface area contributed by atoms with Crippen molar-refractivity contribution in [2.45, 2.75) is 38.8 Å². The molecule has 0 heterocycles. The van der Waals surface area contributed by atoms with Crippen molar-refractivity contribution in [1.29, 1.82) is 0 Å². The quantitative estimate of drug-likeness (QED) is 0.672. The maximum Gasteiger partial charge on any atom is 0.410 e. The molecule has 1 atom stereocenters. The summed E-state index contributed by atoms with van der Waals surface area (Å²) in [5, 5.41) is 0. The number of rotatable bonds is 5. The number of amides is 1. The van der Waals surface area contributed by atoms with Crippen LogP contribution < -0.4 is 0 Å². The summed E-state index contributed by atoms with van der Waals surface area (Å²) in [4.78, 5) is 23.7. The van der Waals surface area contributed by atoms with E-state index in [1.165, 1.54) is 4.90 Å². The fraction of sp³-hybridized carbons (Fsp3) is 0.818. The van der Waals surface area contributed by atoms with Crippen molar-refractivity contribution in [3.8, 4) is 0 Å². The average Bonchev–Trinajstić information content (AvgIpc) is 2.16. The van der Waals surface area contributed by atoms with E-state index in [0.29, 0.717) is 13.0 Å². The highest BCUT2D eigenvalue weighted by molar-refractivity contribution is 5.73. The monoisotopic (exact) mass is 231 g/mol. The Balaban J connectivity index is 4.32. The van der Waals surface area contributed by atoms with E-state index in [9.17, 15) is 9.59 Å². The maximum absolute atomic E-state index is 11.6. The summed E-state index contributed by atoms with van der Waals surface area (Å²) in [5.74, 6) is 0. The molecule has 0 fully saturated rings. The van der Waals surface area contributed by atoms with Crippen molar-refractivity contribution in [3.63, 3.8) is 0 Å². The van der Waals surface area contributed by atoms with Gasteiger partial charge in [-0.2, -0.15) is 0 Å². The van der Waals surface area contributed by atoms with Gasteiger partial charge in [0.15, 0.2) is 0 Å².